The molecule has 47 heavy (non-hydrogen) atoms. The van der Waals surface area contributed by atoms with Gasteiger partial charge < -0.3 is 10.0 Å². The Labute approximate surface area is 283 Å². The number of rotatable bonds is 7. The number of aliphatic imine (C=N–C) groups is 1. The molecule has 4 aliphatic carbocycles. The number of carbonyl (C=O) groups excluding carboxylic acids is 1. The highest BCUT2D eigenvalue weighted by atomic mass is 16.3. The highest BCUT2D eigenvalue weighted by Crippen LogP contribution is 2.40. The van der Waals surface area contributed by atoms with Crippen LogP contribution in [0.3, 0.4) is 0 Å². The Kier molecular flexibility index (Phi) is 11.3. The van der Waals surface area contributed by atoms with Crippen molar-refractivity contribution < 1.29 is 9.90 Å². The van der Waals surface area contributed by atoms with Crippen molar-refractivity contribution in [1.29, 1.82) is 0 Å². The lowest BCUT2D eigenvalue weighted by Gasteiger charge is -2.33. The van der Waals surface area contributed by atoms with E-state index >= 15 is 0 Å². The lowest BCUT2D eigenvalue weighted by Crippen LogP contribution is -2.30. The molecule has 250 valence electrons. The standard InChI is InChI=1S/C43H56N2O2/c1-30(2)27-32-7-4-8-33(14-12-32)34-13-11-31(3)40(22-19-34)37-15-16-38-29-44-24-23-42(41(38)28-37)45-25-5-9-35(10-6-26-45)43(47)36-17-20-39(46)21-18-36/h7,9,13,15,19,22-24,28-30,33,36,39-40,46H,3-6,8,10-12,14,16-18,20-21,25-27H2,1-2H3/b35-9-/t33?,36-,39-,40?. The van der Waals surface area contributed by atoms with Gasteiger partial charge in [-0.25, -0.2) is 0 Å². The minimum absolute atomic E-state index is 0.0945. The zero-order valence-corrected chi connectivity index (χ0v) is 28.9. The van der Waals surface area contributed by atoms with E-state index < -0.39 is 0 Å². The minimum Gasteiger partial charge on any atom is -0.393 e. The van der Waals surface area contributed by atoms with Crippen molar-refractivity contribution in [3.63, 3.8) is 0 Å². The second-order valence-electron chi connectivity index (χ2n) is 15.1. The van der Waals surface area contributed by atoms with E-state index in [1.54, 1.807) is 5.57 Å². The zero-order valence-electron chi connectivity index (χ0n) is 28.9. The molecule has 0 aromatic carbocycles. The molecule has 2 aliphatic heterocycles. The first-order valence-corrected chi connectivity index (χ1v) is 18.6. The molecule has 2 heterocycles. The smallest absolute Gasteiger partial charge is 0.161 e. The van der Waals surface area contributed by atoms with Gasteiger partial charge in [-0.2, -0.15) is 0 Å². The van der Waals surface area contributed by atoms with Gasteiger partial charge in [0.05, 0.1) is 6.10 Å². The van der Waals surface area contributed by atoms with Gasteiger partial charge in [-0.1, -0.05) is 68.0 Å². The molecule has 6 aliphatic rings. The van der Waals surface area contributed by atoms with Crippen molar-refractivity contribution in [1.82, 2.24) is 4.90 Å². The molecule has 0 radical (unpaired) electrons. The summed E-state index contributed by atoms with van der Waals surface area (Å²) < 4.78 is 0. The van der Waals surface area contributed by atoms with Crippen molar-refractivity contribution in [3.05, 3.63) is 106 Å². The number of hydrogen-bond donors (Lipinski definition) is 1. The summed E-state index contributed by atoms with van der Waals surface area (Å²) in [7, 11) is 0. The monoisotopic (exact) mass is 632 g/mol. The van der Waals surface area contributed by atoms with E-state index in [0.29, 0.717) is 11.7 Å². The van der Waals surface area contributed by atoms with Crippen LogP contribution in [0, 0.1) is 23.7 Å². The van der Waals surface area contributed by atoms with E-state index in [-0.39, 0.29) is 17.9 Å². The van der Waals surface area contributed by atoms with E-state index in [9.17, 15) is 9.90 Å². The normalized spacial score (nSPS) is 30.1. The number of aliphatic hydroxyl groups excluding tert-OH is 1. The van der Waals surface area contributed by atoms with Crippen LogP contribution < -0.4 is 0 Å². The van der Waals surface area contributed by atoms with Gasteiger partial charge in [-0.15, -0.1) is 0 Å². The molecule has 2 unspecified atom stereocenters. The van der Waals surface area contributed by atoms with Gasteiger partial charge in [-0.3, -0.25) is 9.79 Å². The summed E-state index contributed by atoms with van der Waals surface area (Å²) >= 11 is 0. The maximum Gasteiger partial charge on any atom is 0.161 e. The average molecular weight is 633 g/mol. The van der Waals surface area contributed by atoms with E-state index in [4.69, 9.17) is 0 Å². The maximum atomic E-state index is 13.3. The first-order valence-electron chi connectivity index (χ1n) is 18.6. The molecule has 0 saturated heterocycles. The number of carbonyl (C=O) groups is 1. The van der Waals surface area contributed by atoms with Crippen LogP contribution in [0.5, 0.6) is 0 Å². The Morgan fingerprint density at radius 1 is 0.979 bits per heavy atom. The number of ketones is 1. The maximum absolute atomic E-state index is 13.3. The molecule has 1 N–H and O–H groups in total. The Hall–Kier alpha value is -3.24. The number of nitrogens with zero attached hydrogens (tertiary/aromatic N) is 2. The molecular weight excluding hydrogens is 576 g/mol. The first-order chi connectivity index (χ1) is 22.9. The molecule has 4 heteroatoms. The quantitative estimate of drug-likeness (QED) is 0.284. The summed E-state index contributed by atoms with van der Waals surface area (Å²) in [4.78, 5) is 20.4. The Morgan fingerprint density at radius 2 is 1.81 bits per heavy atom. The Balaban J connectivity index is 1.13. The highest BCUT2D eigenvalue weighted by Gasteiger charge is 2.29. The molecule has 0 amide bonds. The molecule has 4 nitrogen and oxygen atoms in total. The van der Waals surface area contributed by atoms with E-state index in [0.717, 1.165) is 82.4 Å². The van der Waals surface area contributed by atoms with Crippen molar-refractivity contribution in [3.8, 4) is 0 Å². The van der Waals surface area contributed by atoms with Crippen molar-refractivity contribution in [2.75, 3.05) is 13.1 Å². The second kappa shape index (κ2) is 15.8. The third kappa shape index (κ3) is 8.44. The fraction of sp³-hybridized carbons (Fsp3) is 0.535. The summed E-state index contributed by atoms with van der Waals surface area (Å²) in [6.07, 6.45) is 36.6. The summed E-state index contributed by atoms with van der Waals surface area (Å²) in [5.74, 6) is 2.01. The molecule has 0 bridgehead atoms. The second-order valence-corrected chi connectivity index (χ2v) is 15.1. The molecular formula is C43H56N2O2. The number of aliphatic hydroxyl groups is 1. The number of fused-ring (bicyclic) bond motifs is 1. The topological polar surface area (TPSA) is 52.9 Å². The molecule has 0 spiro atoms. The molecule has 2 atom stereocenters. The SMILES string of the molecule is C=C1CC=C(C2CCC=C(CC(C)C)CC2)C=CC1C1=CCC2=CN=CC=C(N3CC/C=C(\C(=O)[C@H]4CC[C@H](O)CC4)CCC3)C2=C1. The van der Waals surface area contributed by atoms with Crippen molar-refractivity contribution in [2.24, 2.45) is 28.7 Å². The van der Waals surface area contributed by atoms with Crippen LogP contribution in [0.25, 0.3) is 0 Å². The van der Waals surface area contributed by atoms with Gasteiger partial charge in [0.1, 0.15) is 0 Å². The van der Waals surface area contributed by atoms with E-state index in [1.807, 2.05) is 12.4 Å². The van der Waals surface area contributed by atoms with E-state index in [2.05, 4.69) is 78.9 Å². The van der Waals surface area contributed by atoms with Crippen LogP contribution in [-0.4, -0.2) is 41.2 Å². The lowest BCUT2D eigenvalue weighted by molar-refractivity contribution is -0.120. The number of hydrogen-bond acceptors (Lipinski definition) is 4. The van der Waals surface area contributed by atoms with Crippen LogP contribution in [-0.2, 0) is 4.79 Å². The lowest BCUT2D eigenvalue weighted by atomic mass is 9.81. The predicted molar refractivity (Wildman–Crippen MR) is 196 cm³/mol. The average Bonchev–Trinajstić information content (AvgIpc) is 3.49. The Morgan fingerprint density at radius 3 is 2.64 bits per heavy atom. The van der Waals surface area contributed by atoms with Crippen LogP contribution in [0.2, 0.25) is 0 Å². The Bertz CT molecular complexity index is 1480. The van der Waals surface area contributed by atoms with Crippen molar-refractivity contribution in [2.45, 2.75) is 110 Å². The van der Waals surface area contributed by atoms with E-state index in [1.165, 1.54) is 65.7 Å². The van der Waals surface area contributed by atoms with Gasteiger partial charge in [0, 0.05) is 48.6 Å². The van der Waals surface area contributed by atoms with Crippen molar-refractivity contribution >= 4 is 12.0 Å². The van der Waals surface area contributed by atoms with Gasteiger partial charge in [0.15, 0.2) is 5.78 Å². The molecule has 6 rings (SSSR count). The van der Waals surface area contributed by atoms with Gasteiger partial charge in [-0.05, 0) is 136 Å². The van der Waals surface area contributed by atoms with Gasteiger partial charge in [0.25, 0.3) is 0 Å². The first kappa shape index (κ1) is 33.7. The number of allylic oxidation sites excluding steroid dienone is 13. The third-order valence-corrected chi connectivity index (χ3v) is 11.2. The van der Waals surface area contributed by atoms with Gasteiger partial charge >= 0.3 is 0 Å². The fourth-order valence-corrected chi connectivity index (χ4v) is 8.55. The molecule has 0 aromatic heterocycles. The van der Waals surface area contributed by atoms with Crippen LogP contribution in [0.4, 0.5) is 0 Å². The molecule has 1 fully saturated rings. The predicted octanol–water partition coefficient (Wildman–Crippen LogP) is 9.85. The molecule has 1 saturated carbocycles. The third-order valence-electron chi connectivity index (χ3n) is 11.2. The molecule has 0 aromatic rings. The summed E-state index contributed by atoms with van der Waals surface area (Å²) in [5, 5.41) is 9.90. The summed E-state index contributed by atoms with van der Waals surface area (Å²) in [5.41, 5.74) is 10.6. The number of Topliss-reactive ketones (excluding diaryl/α,β-unsaturated/α-hetero) is 1. The summed E-state index contributed by atoms with van der Waals surface area (Å²) in [6, 6.07) is 0. The zero-order chi connectivity index (χ0) is 32.8. The largest absolute Gasteiger partial charge is 0.393 e. The summed E-state index contributed by atoms with van der Waals surface area (Å²) in [6.45, 7) is 11.1. The van der Waals surface area contributed by atoms with Crippen LogP contribution in [0.1, 0.15) is 104 Å². The fourth-order valence-electron chi connectivity index (χ4n) is 8.55. The minimum atomic E-state index is -0.225. The highest BCUT2D eigenvalue weighted by molar-refractivity contribution is 5.97. The van der Waals surface area contributed by atoms with Gasteiger partial charge in [0.2, 0.25) is 0 Å². The van der Waals surface area contributed by atoms with Crippen LogP contribution >= 0.6 is 0 Å². The van der Waals surface area contributed by atoms with Crippen LogP contribution in [0.15, 0.2) is 111 Å².